The van der Waals surface area contributed by atoms with Crippen molar-refractivity contribution in [3.8, 4) is 0 Å². The molecule has 0 radical (unpaired) electrons. The van der Waals surface area contributed by atoms with Gasteiger partial charge in [-0.25, -0.2) is 0 Å². The van der Waals surface area contributed by atoms with Gasteiger partial charge in [0.1, 0.15) is 0 Å². The molecule has 0 aliphatic heterocycles. The Bertz CT molecular complexity index is 450. The average molecular weight is 217 g/mol. The number of aromatic nitrogens is 4. The average Bonchev–Trinajstić information content (AvgIpc) is 2.27. The molecule has 5 N–H and O–H groups in total. The van der Waals surface area contributed by atoms with Crippen LogP contribution in [0.25, 0.3) is 0 Å². The van der Waals surface area contributed by atoms with Crippen LogP contribution in [-0.4, -0.2) is 19.9 Å². The number of hydrogen-bond acceptors (Lipinski definition) is 7. The van der Waals surface area contributed by atoms with Crippen LogP contribution in [0, 0.1) is 0 Å². The first kappa shape index (κ1) is 10.1. The molecule has 0 atom stereocenters. The smallest absolute Gasteiger partial charge is 0.229 e. The highest BCUT2D eigenvalue weighted by atomic mass is 15.2. The van der Waals surface area contributed by atoms with Crippen molar-refractivity contribution < 1.29 is 0 Å². The molecule has 0 saturated heterocycles. The van der Waals surface area contributed by atoms with E-state index in [0.29, 0.717) is 12.5 Å². The van der Waals surface area contributed by atoms with Gasteiger partial charge in [-0.05, 0) is 12.1 Å². The van der Waals surface area contributed by atoms with Crippen molar-refractivity contribution in [2.75, 3.05) is 16.8 Å². The van der Waals surface area contributed by atoms with Crippen LogP contribution in [0.5, 0.6) is 0 Å². The minimum absolute atomic E-state index is 0.0935. The first-order valence-corrected chi connectivity index (χ1v) is 4.65. The molecule has 2 aromatic rings. The summed E-state index contributed by atoms with van der Waals surface area (Å²) >= 11 is 0. The fourth-order valence-corrected chi connectivity index (χ4v) is 1.16. The first-order chi connectivity index (χ1) is 7.74. The minimum Gasteiger partial charge on any atom is -0.368 e. The molecule has 0 aromatic carbocycles. The van der Waals surface area contributed by atoms with Gasteiger partial charge in [-0.2, -0.15) is 15.0 Å². The molecule has 2 rings (SSSR count). The number of pyridine rings is 1. The molecule has 2 heterocycles. The summed E-state index contributed by atoms with van der Waals surface area (Å²) in [7, 11) is 0. The van der Waals surface area contributed by atoms with Crippen LogP contribution in [0.4, 0.5) is 17.8 Å². The zero-order chi connectivity index (χ0) is 11.4. The van der Waals surface area contributed by atoms with E-state index in [4.69, 9.17) is 11.5 Å². The second-order valence-corrected chi connectivity index (χ2v) is 3.05. The van der Waals surface area contributed by atoms with Crippen LogP contribution < -0.4 is 16.8 Å². The molecule has 0 saturated carbocycles. The molecule has 16 heavy (non-hydrogen) atoms. The monoisotopic (exact) mass is 217 g/mol. The van der Waals surface area contributed by atoms with Crippen molar-refractivity contribution in [2.24, 2.45) is 0 Å². The maximum Gasteiger partial charge on any atom is 0.229 e. The standard InChI is InChI=1S/C9H11N7/c10-7-14-8(11)16-9(15-7)13-5-6-3-1-2-4-12-6/h1-4H,5H2,(H5,10,11,13,14,15,16). The number of rotatable bonds is 3. The van der Waals surface area contributed by atoms with E-state index < -0.39 is 0 Å². The quantitative estimate of drug-likeness (QED) is 0.664. The summed E-state index contributed by atoms with van der Waals surface area (Å²) in [4.78, 5) is 15.6. The molecule has 0 aliphatic rings. The Morgan fingerprint density at radius 3 is 2.44 bits per heavy atom. The summed E-state index contributed by atoms with van der Waals surface area (Å²) in [6, 6.07) is 5.64. The molecule has 2 aromatic heterocycles. The van der Waals surface area contributed by atoms with Crippen molar-refractivity contribution in [3.63, 3.8) is 0 Å². The third kappa shape index (κ3) is 2.53. The SMILES string of the molecule is Nc1nc(N)nc(NCc2ccccn2)n1. The summed E-state index contributed by atoms with van der Waals surface area (Å²) in [6.07, 6.45) is 1.72. The number of hydrogen-bond donors (Lipinski definition) is 3. The van der Waals surface area contributed by atoms with Gasteiger partial charge in [-0.1, -0.05) is 6.07 Å². The van der Waals surface area contributed by atoms with Crippen molar-refractivity contribution >= 4 is 17.8 Å². The van der Waals surface area contributed by atoms with Gasteiger partial charge >= 0.3 is 0 Å². The number of nitrogens with zero attached hydrogens (tertiary/aromatic N) is 4. The second kappa shape index (κ2) is 4.39. The van der Waals surface area contributed by atoms with E-state index in [9.17, 15) is 0 Å². The fourth-order valence-electron chi connectivity index (χ4n) is 1.16. The number of nitrogen functional groups attached to an aromatic ring is 2. The Balaban J connectivity index is 2.05. The molecule has 0 aliphatic carbocycles. The lowest BCUT2D eigenvalue weighted by Gasteiger charge is -2.04. The number of anilines is 3. The van der Waals surface area contributed by atoms with Crippen LogP contribution in [0.2, 0.25) is 0 Å². The summed E-state index contributed by atoms with van der Waals surface area (Å²) < 4.78 is 0. The molecule has 0 unspecified atom stereocenters. The van der Waals surface area contributed by atoms with Gasteiger partial charge in [-0.3, -0.25) is 4.98 Å². The highest BCUT2D eigenvalue weighted by Crippen LogP contribution is 2.04. The highest BCUT2D eigenvalue weighted by molar-refractivity contribution is 5.37. The van der Waals surface area contributed by atoms with Gasteiger partial charge in [0.05, 0.1) is 12.2 Å². The van der Waals surface area contributed by atoms with E-state index in [-0.39, 0.29) is 11.9 Å². The van der Waals surface area contributed by atoms with Crippen LogP contribution in [0.15, 0.2) is 24.4 Å². The van der Waals surface area contributed by atoms with Gasteiger partial charge in [0, 0.05) is 6.20 Å². The second-order valence-electron chi connectivity index (χ2n) is 3.05. The Kier molecular flexibility index (Phi) is 2.77. The Labute approximate surface area is 92.0 Å². The highest BCUT2D eigenvalue weighted by Gasteiger charge is 2.01. The van der Waals surface area contributed by atoms with Crippen LogP contribution in [0.3, 0.4) is 0 Å². The first-order valence-electron chi connectivity index (χ1n) is 4.65. The third-order valence-corrected chi connectivity index (χ3v) is 1.82. The van der Waals surface area contributed by atoms with Crippen LogP contribution in [-0.2, 0) is 6.54 Å². The van der Waals surface area contributed by atoms with Gasteiger partial charge in [0.2, 0.25) is 17.8 Å². The lowest BCUT2D eigenvalue weighted by atomic mass is 10.3. The Morgan fingerprint density at radius 1 is 1.06 bits per heavy atom. The molecule has 0 bridgehead atoms. The van der Waals surface area contributed by atoms with E-state index in [1.165, 1.54) is 0 Å². The largest absolute Gasteiger partial charge is 0.368 e. The topological polar surface area (TPSA) is 116 Å². The number of nitrogens with two attached hydrogens (primary N) is 2. The normalized spacial score (nSPS) is 10.0. The zero-order valence-corrected chi connectivity index (χ0v) is 8.46. The summed E-state index contributed by atoms with van der Waals surface area (Å²) in [6.45, 7) is 0.504. The van der Waals surface area contributed by atoms with Crippen molar-refractivity contribution in [1.29, 1.82) is 0 Å². The van der Waals surface area contributed by atoms with E-state index in [1.54, 1.807) is 6.20 Å². The van der Waals surface area contributed by atoms with Gasteiger partial charge in [-0.15, -0.1) is 0 Å². The van der Waals surface area contributed by atoms with E-state index >= 15 is 0 Å². The Morgan fingerprint density at radius 2 is 1.81 bits per heavy atom. The lowest BCUT2D eigenvalue weighted by molar-refractivity contribution is 0.986. The fraction of sp³-hybridized carbons (Fsp3) is 0.111. The molecule has 0 fully saturated rings. The van der Waals surface area contributed by atoms with E-state index in [1.807, 2.05) is 18.2 Å². The molecule has 0 amide bonds. The summed E-state index contributed by atoms with van der Waals surface area (Å²) in [5.41, 5.74) is 11.7. The molecular formula is C9H11N7. The van der Waals surface area contributed by atoms with Gasteiger partial charge < -0.3 is 16.8 Å². The molecular weight excluding hydrogens is 206 g/mol. The molecule has 7 nitrogen and oxygen atoms in total. The lowest BCUT2D eigenvalue weighted by Crippen LogP contribution is -2.09. The zero-order valence-electron chi connectivity index (χ0n) is 8.46. The number of nitrogens with one attached hydrogen (secondary N) is 1. The van der Waals surface area contributed by atoms with Crippen molar-refractivity contribution in [3.05, 3.63) is 30.1 Å². The predicted octanol–water partition coefficient (Wildman–Crippen LogP) is 0.0431. The maximum absolute atomic E-state index is 5.43. The summed E-state index contributed by atoms with van der Waals surface area (Å²) in [5.74, 6) is 0.530. The van der Waals surface area contributed by atoms with Crippen molar-refractivity contribution in [2.45, 2.75) is 6.54 Å². The maximum atomic E-state index is 5.43. The van der Waals surface area contributed by atoms with E-state index in [0.717, 1.165) is 5.69 Å². The van der Waals surface area contributed by atoms with Gasteiger partial charge in [0.25, 0.3) is 0 Å². The molecule has 0 spiro atoms. The predicted molar refractivity (Wildman–Crippen MR) is 60.2 cm³/mol. The Hall–Kier alpha value is -2.44. The van der Waals surface area contributed by atoms with Crippen LogP contribution >= 0.6 is 0 Å². The summed E-state index contributed by atoms with van der Waals surface area (Å²) in [5, 5.41) is 2.96. The van der Waals surface area contributed by atoms with Crippen molar-refractivity contribution in [1.82, 2.24) is 19.9 Å². The van der Waals surface area contributed by atoms with Gasteiger partial charge in [0.15, 0.2) is 0 Å². The van der Waals surface area contributed by atoms with Crippen LogP contribution in [0.1, 0.15) is 5.69 Å². The molecule has 7 heteroatoms. The molecule has 82 valence electrons. The van der Waals surface area contributed by atoms with E-state index in [2.05, 4.69) is 25.3 Å². The minimum atomic E-state index is 0.0935. The third-order valence-electron chi connectivity index (χ3n) is 1.82.